The highest BCUT2D eigenvalue weighted by atomic mass is 79.9. The van der Waals surface area contributed by atoms with Crippen LogP contribution in [-0.2, 0) is 6.54 Å². The van der Waals surface area contributed by atoms with Crippen LogP contribution < -0.4 is 10.1 Å². The van der Waals surface area contributed by atoms with Gasteiger partial charge in [-0.25, -0.2) is 0 Å². The molecule has 0 aliphatic carbocycles. The molecule has 1 aliphatic rings. The molecule has 0 atom stereocenters. The van der Waals surface area contributed by atoms with E-state index in [0.717, 1.165) is 35.6 Å². The van der Waals surface area contributed by atoms with E-state index in [1.807, 2.05) is 35.1 Å². The Kier molecular flexibility index (Phi) is 3.34. The number of ether oxygens (including phenoxy) is 1. The van der Waals surface area contributed by atoms with Gasteiger partial charge in [0.25, 0.3) is 0 Å². The zero-order valence-electron chi connectivity index (χ0n) is 9.84. The molecular formula is C13H14BrN3O. The maximum Gasteiger partial charge on any atom is 0.165 e. The third-order valence-electron chi connectivity index (χ3n) is 2.95. The van der Waals surface area contributed by atoms with Crippen molar-refractivity contribution in [1.82, 2.24) is 15.1 Å². The number of benzene rings is 1. The summed E-state index contributed by atoms with van der Waals surface area (Å²) in [6.07, 6.45) is 3.70. The summed E-state index contributed by atoms with van der Waals surface area (Å²) in [5.74, 6) is 2.29. The molecule has 1 aromatic carbocycles. The molecule has 0 spiro atoms. The van der Waals surface area contributed by atoms with Gasteiger partial charge in [0.05, 0.1) is 12.4 Å². The summed E-state index contributed by atoms with van der Waals surface area (Å²) >= 11 is 3.42. The van der Waals surface area contributed by atoms with Gasteiger partial charge in [-0.15, -0.1) is 0 Å². The minimum absolute atomic E-state index is 0.698. The third kappa shape index (κ3) is 2.73. The lowest BCUT2D eigenvalue weighted by Crippen LogP contribution is -2.44. The number of hydrogen-bond acceptors (Lipinski definition) is 3. The van der Waals surface area contributed by atoms with E-state index in [1.54, 1.807) is 6.20 Å². The molecule has 4 nitrogen and oxygen atoms in total. The van der Waals surface area contributed by atoms with Crippen LogP contribution in [0.5, 0.6) is 11.5 Å². The number of rotatable bonds is 4. The third-order valence-corrected chi connectivity index (χ3v) is 3.45. The van der Waals surface area contributed by atoms with Crippen molar-refractivity contribution in [3.05, 3.63) is 41.1 Å². The van der Waals surface area contributed by atoms with Crippen LogP contribution in [0.4, 0.5) is 0 Å². The van der Waals surface area contributed by atoms with Crippen molar-refractivity contribution < 1.29 is 4.74 Å². The van der Waals surface area contributed by atoms with Crippen LogP contribution in [0.25, 0.3) is 0 Å². The van der Waals surface area contributed by atoms with Gasteiger partial charge in [0.1, 0.15) is 5.75 Å². The smallest absolute Gasteiger partial charge is 0.165 e. The average Bonchev–Trinajstić information content (AvgIpc) is 2.71. The summed E-state index contributed by atoms with van der Waals surface area (Å²) in [6.45, 7) is 3.12. The van der Waals surface area contributed by atoms with Crippen molar-refractivity contribution in [1.29, 1.82) is 0 Å². The standard InChI is InChI=1S/C13H14BrN3O/c14-11-2-1-3-12(4-11)18-13-7-16-17(9-13)8-10-5-15-6-10/h1-4,7,9-10,15H,5-6,8H2. The summed E-state index contributed by atoms with van der Waals surface area (Å²) in [6, 6.07) is 7.79. The summed E-state index contributed by atoms with van der Waals surface area (Å²) in [5.41, 5.74) is 0. The van der Waals surface area contributed by atoms with Gasteiger partial charge in [0.2, 0.25) is 0 Å². The highest BCUT2D eigenvalue weighted by Crippen LogP contribution is 2.24. The highest BCUT2D eigenvalue weighted by molar-refractivity contribution is 9.10. The first kappa shape index (κ1) is 11.7. The summed E-state index contributed by atoms with van der Waals surface area (Å²) in [7, 11) is 0. The molecule has 0 amide bonds. The number of hydrogen-bond donors (Lipinski definition) is 1. The van der Waals surface area contributed by atoms with Gasteiger partial charge in [-0.1, -0.05) is 22.0 Å². The van der Waals surface area contributed by atoms with Crippen LogP contribution in [0.15, 0.2) is 41.1 Å². The molecule has 2 heterocycles. The Hall–Kier alpha value is -1.33. The number of nitrogens with zero attached hydrogens (tertiary/aromatic N) is 2. The van der Waals surface area contributed by atoms with Gasteiger partial charge < -0.3 is 10.1 Å². The largest absolute Gasteiger partial charge is 0.454 e. The summed E-state index contributed by atoms with van der Waals surface area (Å²) < 4.78 is 8.69. The predicted octanol–water partition coefficient (Wildman–Crippen LogP) is 2.66. The molecule has 18 heavy (non-hydrogen) atoms. The number of nitrogens with one attached hydrogen (secondary N) is 1. The molecule has 0 saturated carbocycles. The second kappa shape index (κ2) is 5.12. The van der Waals surface area contributed by atoms with Gasteiger partial charge in [-0.05, 0) is 18.2 Å². The van der Waals surface area contributed by atoms with E-state index in [2.05, 4.69) is 26.3 Å². The van der Waals surface area contributed by atoms with Gasteiger partial charge in [0.15, 0.2) is 5.75 Å². The molecule has 1 saturated heterocycles. The topological polar surface area (TPSA) is 39.1 Å². The van der Waals surface area contributed by atoms with E-state index < -0.39 is 0 Å². The van der Waals surface area contributed by atoms with Crippen molar-refractivity contribution in [2.45, 2.75) is 6.54 Å². The number of halogens is 1. The zero-order chi connectivity index (χ0) is 12.4. The average molecular weight is 308 g/mol. The van der Waals surface area contributed by atoms with E-state index in [4.69, 9.17) is 4.74 Å². The number of aromatic nitrogens is 2. The van der Waals surface area contributed by atoms with E-state index in [-0.39, 0.29) is 0 Å². The first-order valence-corrected chi connectivity index (χ1v) is 6.75. The Morgan fingerprint density at radius 3 is 3.00 bits per heavy atom. The van der Waals surface area contributed by atoms with E-state index in [9.17, 15) is 0 Å². The van der Waals surface area contributed by atoms with Crippen molar-refractivity contribution in [3.63, 3.8) is 0 Å². The fourth-order valence-electron chi connectivity index (χ4n) is 1.91. The van der Waals surface area contributed by atoms with E-state index >= 15 is 0 Å². The fraction of sp³-hybridized carbons (Fsp3) is 0.308. The Bertz CT molecular complexity index is 537. The Labute approximate surface area is 114 Å². The van der Waals surface area contributed by atoms with Crippen LogP contribution in [0, 0.1) is 5.92 Å². The lowest BCUT2D eigenvalue weighted by atomic mass is 10.0. The molecule has 1 fully saturated rings. The molecule has 1 N–H and O–H groups in total. The van der Waals surface area contributed by atoms with E-state index in [1.165, 1.54) is 0 Å². The molecular weight excluding hydrogens is 294 g/mol. The molecule has 94 valence electrons. The van der Waals surface area contributed by atoms with Gasteiger partial charge in [-0.3, -0.25) is 4.68 Å². The Morgan fingerprint density at radius 2 is 2.28 bits per heavy atom. The maximum absolute atomic E-state index is 5.74. The second-order valence-corrected chi connectivity index (χ2v) is 5.40. The van der Waals surface area contributed by atoms with Crippen molar-refractivity contribution in [2.24, 2.45) is 5.92 Å². The SMILES string of the molecule is Brc1cccc(Oc2cnn(CC3CNC3)c2)c1. The van der Waals surface area contributed by atoms with Crippen LogP contribution >= 0.6 is 15.9 Å². The molecule has 2 aromatic rings. The molecule has 1 aliphatic heterocycles. The van der Waals surface area contributed by atoms with Gasteiger partial charge in [-0.2, -0.15) is 5.10 Å². The van der Waals surface area contributed by atoms with Crippen molar-refractivity contribution >= 4 is 15.9 Å². The van der Waals surface area contributed by atoms with Crippen molar-refractivity contribution in [2.75, 3.05) is 13.1 Å². The van der Waals surface area contributed by atoms with Gasteiger partial charge >= 0.3 is 0 Å². The van der Waals surface area contributed by atoms with Crippen LogP contribution in [0.1, 0.15) is 0 Å². The zero-order valence-corrected chi connectivity index (χ0v) is 11.4. The van der Waals surface area contributed by atoms with Crippen LogP contribution in [0.3, 0.4) is 0 Å². The minimum Gasteiger partial charge on any atom is -0.454 e. The summed E-state index contributed by atoms with van der Waals surface area (Å²) in [4.78, 5) is 0. The first-order chi connectivity index (χ1) is 8.79. The normalized spacial score (nSPS) is 15.4. The van der Waals surface area contributed by atoms with E-state index in [0.29, 0.717) is 5.92 Å². The molecule has 0 radical (unpaired) electrons. The molecule has 0 unspecified atom stereocenters. The fourth-order valence-corrected chi connectivity index (χ4v) is 2.28. The van der Waals surface area contributed by atoms with Crippen LogP contribution in [0.2, 0.25) is 0 Å². The molecule has 1 aromatic heterocycles. The van der Waals surface area contributed by atoms with Gasteiger partial charge in [0, 0.05) is 30.0 Å². The maximum atomic E-state index is 5.74. The quantitative estimate of drug-likeness (QED) is 0.944. The Morgan fingerprint density at radius 1 is 1.39 bits per heavy atom. The lowest BCUT2D eigenvalue weighted by molar-refractivity contribution is 0.295. The van der Waals surface area contributed by atoms with Crippen molar-refractivity contribution in [3.8, 4) is 11.5 Å². The molecule has 5 heteroatoms. The molecule has 3 rings (SSSR count). The monoisotopic (exact) mass is 307 g/mol. The Balaban J connectivity index is 1.65. The second-order valence-electron chi connectivity index (χ2n) is 4.48. The minimum atomic E-state index is 0.698. The molecule has 0 bridgehead atoms. The predicted molar refractivity (Wildman–Crippen MR) is 72.8 cm³/mol. The van der Waals surface area contributed by atoms with Crippen LogP contribution in [-0.4, -0.2) is 22.9 Å². The summed E-state index contributed by atoms with van der Waals surface area (Å²) in [5, 5.41) is 7.57. The lowest BCUT2D eigenvalue weighted by Gasteiger charge is -2.26. The first-order valence-electron chi connectivity index (χ1n) is 5.96. The highest BCUT2D eigenvalue weighted by Gasteiger charge is 2.17.